The van der Waals surface area contributed by atoms with Crippen LogP contribution in [0.3, 0.4) is 0 Å². The lowest BCUT2D eigenvalue weighted by Gasteiger charge is -2.14. The maximum Gasteiger partial charge on any atom is 0.229 e. The normalized spacial score (nSPS) is 12.2. The Kier molecular flexibility index (Phi) is 4.33. The van der Waals surface area contributed by atoms with Crippen LogP contribution in [0.1, 0.15) is 22.6 Å². The molecule has 19 heavy (non-hydrogen) atoms. The van der Waals surface area contributed by atoms with Gasteiger partial charge in [0.25, 0.3) is 0 Å². The molecule has 1 atom stereocenters. The van der Waals surface area contributed by atoms with Crippen molar-refractivity contribution in [3.8, 4) is 0 Å². The molecule has 0 aliphatic heterocycles. The Labute approximate surface area is 117 Å². The van der Waals surface area contributed by atoms with Crippen LogP contribution in [0, 0.1) is 12.7 Å². The average Bonchev–Trinajstić information content (AvgIpc) is 2.37. The first-order valence-corrected chi connectivity index (χ1v) is 6.45. The Hall–Kier alpha value is -1.67. The molecule has 0 amide bonds. The Morgan fingerprint density at radius 3 is 2.58 bits per heavy atom. The lowest BCUT2D eigenvalue weighted by molar-refractivity contribution is -0.113. The summed E-state index contributed by atoms with van der Waals surface area (Å²) < 4.78 is 13.3. The van der Waals surface area contributed by atoms with Gasteiger partial charge in [-0.25, -0.2) is 4.39 Å². The van der Waals surface area contributed by atoms with E-state index < -0.39 is 11.2 Å². The predicted molar refractivity (Wildman–Crippen MR) is 74.9 cm³/mol. The summed E-state index contributed by atoms with van der Waals surface area (Å²) in [4.78, 5) is 11.6. The van der Waals surface area contributed by atoms with Crippen molar-refractivity contribution in [2.75, 3.05) is 0 Å². The minimum atomic E-state index is -0.515. The molecule has 98 valence electrons. The number of carbonyl (C=O) groups excluding carboxylic acids is 1. The fourth-order valence-corrected chi connectivity index (χ4v) is 2.31. The molecule has 0 spiro atoms. The van der Waals surface area contributed by atoms with Crippen molar-refractivity contribution in [2.24, 2.45) is 0 Å². The molecule has 2 aromatic rings. The van der Waals surface area contributed by atoms with Crippen LogP contribution in [-0.2, 0) is 11.2 Å². The fraction of sp³-hybridized carbons (Fsp3) is 0.188. The third kappa shape index (κ3) is 3.42. The van der Waals surface area contributed by atoms with Gasteiger partial charge in [-0.05, 0) is 53.8 Å². The fourth-order valence-electron chi connectivity index (χ4n) is 2.11. The Bertz CT molecular complexity index is 595. The first-order chi connectivity index (χ1) is 9.08. The van der Waals surface area contributed by atoms with E-state index in [4.69, 9.17) is 11.6 Å². The number of hydrogen-bond acceptors (Lipinski definition) is 1. The van der Waals surface area contributed by atoms with E-state index in [2.05, 4.69) is 0 Å². The van der Waals surface area contributed by atoms with Crippen molar-refractivity contribution < 1.29 is 9.18 Å². The number of carbonyl (C=O) groups is 1. The third-order valence-electron chi connectivity index (χ3n) is 3.21. The molecule has 0 saturated heterocycles. The molecule has 0 radical (unpaired) electrons. The van der Waals surface area contributed by atoms with Crippen LogP contribution < -0.4 is 0 Å². The van der Waals surface area contributed by atoms with Crippen molar-refractivity contribution in [1.82, 2.24) is 0 Å². The number of rotatable bonds is 4. The number of halogens is 2. The summed E-state index contributed by atoms with van der Waals surface area (Å²) in [6.07, 6.45) is 0.485. The molecule has 2 rings (SSSR count). The highest BCUT2D eigenvalue weighted by Gasteiger charge is 2.20. The van der Waals surface area contributed by atoms with Gasteiger partial charge < -0.3 is 0 Å². The topological polar surface area (TPSA) is 17.1 Å². The molecule has 0 fully saturated rings. The zero-order valence-corrected chi connectivity index (χ0v) is 11.3. The van der Waals surface area contributed by atoms with Crippen LogP contribution in [0.25, 0.3) is 0 Å². The molecule has 2 aromatic carbocycles. The van der Waals surface area contributed by atoms with Gasteiger partial charge in [-0.15, -0.1) is 0 Å². The second kappa shape index (κ2) is 5.98. The molecule has 3 heteroatoms. The average molecular weight is 277 g/mol. The van der Waals surface area contributed by atoms with Crippen LogP contribution in [0.2, 0.25) is 0 Å². The number of benzene rings is 2. The van der Waals surface area contributed by atoms with E-state index in [1.165, 1.54) is 12.1 Å². The highest BCUT2D eigenvalue weighted by atomic mass is 35.5. The highest BCUT2D eigenvalue weighted by molar-refractivity contribution is 6.64. The summed E-state index contributed by atoms with van der Waals surface area (Å²) in [6.45, 7) is 1.98. The SMILES string of the molecule is Cc1ccccc1CC(C(=O)Cl)c1cccc(F)c1. The zero-order valence-electron chi connectivity index (χ0n) is 10.6. The standard InChI is InChI=1S/C16H14ClFO/c1-11-5-2-3-6-12(11)10-15(16(17)19)13-7-4-8-14(18)9-13/h2-9,15H,10H2,1H3. The van der Waals surface area contributed by atoms with Gasteiger partial charge in [0.1, 0.15) is 5.82 Å². The van der Waals surface area contributed by atoms with Crippen LogP contribution in [0.5, 0.6) is 0 Å². The van der Waals surface area contributed by atoms with Crippen molar-refractivity contribution in [3.05, 3.63) is 71.0 Å². The van der Waals surface area contributed by atoms with Gasteiger partial charge in [0.2, 0.25) is 5.24 Å². The van der Waals surface area contributed by atoms with Gasteiger partial charge in [0, 0.05) is 0 Å². The second-order valence-corrected chi connectivity index (χ2v) is 4.91. The van der Waals surface area contributed by atoms with Crippen LogP contribution in [0.15, 0.2) is 48.5 Å². The van der Waals surface area contributed by atoms with Crippen molar-refractivity contribution in [2.45, 2.75) is 19.3 Å². The number of hydrogen-bond donors (Lipinski definition) is 0. The van der Waals surface area contributed by atoms with Crippen molar-refractivity contribution in [3.63, 3.8) is 0 Å². The van der Waals surface area contributed by atoms with Gasteiger partial charge in [0.05, 0.1) is 5.92 Å². The summed E-state index contributed by atoms with van der Waals surface area (Å²) in [5.74, 6) is -0.872. The van der Waals surface area contributed by atoms with E-state index in [1.54, 1.807) is 12.1 Å². The third-order valence-corrected chi connectivity index (χ3v) is 3.47. The van der Waals surface area contributed by atoms with Gasteiger partial charge >= 0.3 is 0 Å². The first-order valence-electron chi connectivity index (χ1n) is 6.07. The van der Waals surface area contributed by atoms with Crippen LogP contribution >= 0.6 is 11.6 Å². The van der Waals surface area contributed by atoms with Gasteiger partial charge in [-0.2, -0.15) is 0 Å². The van der Waals surface area contributed by atoms with Crippen LogP contribution in [0.4, 0.5) is 4.39 Å². The molecule has 0 N–H and O–H groups in total. The number of aryl methyl sites for hydroxylation is 1. The van der Waals surface area contributed by atoms with Gasteiger partial charge in [0.15, 0.2) is 0 Å². The Morgan fingerprint density at radius 2 is 1.95 bits per heavy atom. The maximum absolute atomic E-state index is 13.3. The molecular weight excluding hydrogens is 263 g/mol. The van der Waals surface area contributed by atoms with E-state index in [0.717, 1.165) is 11.1 Å². The zero-order chi connectivity index (χ0) is 13.8. The lowest BCUT2D eigenvalue weighted by Crippen LogP contribution is -2.11. The van der Waals surface area contributed by atoms with E-state index in [1.807, 2.05) is 31.2 Å². The summed E-state index contributed by atoms with van der Waals surface area (Å²) >= 11 is 5.67. The summed E-state index contributed by atoms with van der Waals surface area (Å²) in [7, 11) is 0. The van der Waals surface area contributed by atoms with E-state index in [0.29, 0.717) is 12.0 Å². The minimum Gasteiger partial charge on any atom is -0.281 e. The van der Waals surface area contributed by atoms with E-state index >= 15 is 0 Å². The maximum atomic E-state index is 13.3. The van der Waals surface area contributed by atoms with Gasteiger partial charge in [-0.3, -0.25) is 4.79 Å². The Balaban J connectivity index is 2.32. The molecule has 1 nitrogen and oxygen atoms in total. The van der Waals surface area contributed by atoms with Gasteiger partial charge in [-0.1, -0.05) is 36.4 Å². The molecule has 0 aliphatic rings. The minimum absolute atomic E-state index is 0.356. The summed E-state index contributed by atoms with van der Waals surface area (Å²) in [6, 6.07) is 13.8. The monoisotopic (exact) mass is 276 g/mol. The first kappa shape index (κ1) is 13.8. The van der Waals surface area contributed by atoms with Crippen molar-refractivity contribution in [1.29, 1.82) is 0 Å². The summed E-state index contributed by atoms with van der Waals surface area (Å²) in [5.41, 5.74) is 2.76. The van der Waals surface area contributed by atoms with E-state index in [-0.39, 0.29) is 5.82 Å². The lowest BCUT2D eigenvalue weighted by atomic mass is 9.91. The second-order valence-electron chi connectivity index (χ2n) is 4.54. The van der Waals surface area contributed by atoms with Crippen LogP contribution in [-0.4, -0.2) is 5.24 Å². The molecular formula is C16H14ClFO. The molecule has 1 unspecified atom stereocenters. The largest absolute Gasteiger partial charge is 0.281 e. The predicted octanol–water partition coefficient (Wildman–Crippen LogP) is 4.23. The quantitative estimate of drug-likeness (QED) is 0.764. The summed E-state index contributed by atoms with van der Waals surface area (Å²) in [5, 5.41) is -0.464. The molecule has 0 heterocycles. The molecule has 0 saturated carbocycles. The van der Waals surface area contributed by atoms with Crippen molar-refractivity contribution >= 4 is 16.8 Å². The Morgan fingerprint density at radius 1 is 1.21 bits per heavy atom. The molecule has 0 aliphatic carbocycles. The van der Waals surface area contributed by atoms with E-state index in [9.17, 15) is 9.18 Å². The highest BCUT2D eigenvalue weighted by Crippen LogP contribution is 2.25. The smallest absolute Gasteiger partial charge is 0.229 e. The molecule has 0 aromatic heterocycles. The molecule has 0 bridgehead atoms.